The molecule has 3 rings (SSSR count). The number of hydrogen-bond donors (Lipinski definition) is 1. The normalized spacial score (nSPS) is 14.2. The van der Waals surface area contributed by atoms with Gasteiger partial charge < -0.3 is 9.73 Å². The van der Waals surface area contributed by atoms with Gasteiger partial charge in [0.2, 0.25) is 10.0 Å². The van der Waals surface area contributed by atoms with E-state index in [1.54, 1.807) is 30.5 Å². The molecule has 0 saturated carbocycles. The maximum atomic E-state index is 12.8. The van der Waals surface area contributed by atoms with Gasteiger partial charge in [0.1, 0.15) is 5.76 Å². The molecule has 1 aliphatic heterocycles. The van der Waals surface area contributed by atoms with Crippen molar-refractivity contribution in [2.45, 2.75) is 24.8 Å². The lowest BCUT2D eigenvalue weighted by atomic mass is 10.2. The van der Waals surface area contributed by atoms with Gasteiger partial charge >= 0.3 is 0 Å². The standard InChI is InChI=1S/C15H18N2O3S/c1-2-17(11-13-4-3-9-20-13)21(18,19)14-5-6-15-12(10-14)7-8-16-15/h3-6,9-10,16H,2,7-8,11H2,1H3. The third kappa shape index (κ3) is 2.69. The molecular formula is C15H18N2O3S. The Labute approximate surface area is 124 Å². The van der Waals surface area contributed by atoms with Crippen molar-refractivity contribution in [2.75, 3.05) is 18.4 Å². The second-order valence-electron chi connectivity index (χ2n) is 5.01. The zero-order valence-electron chi connectivity index (χ0n) is 11.9. The summed E-state index contributed by atoms with van der Waals surface area (Å²) >= 11 is 0. The monoisotopic (exact) mass is 306 g/mol. The zero-order chi connectivity index (χ0) is 14.9. The highest BCUT2D eigenvalue weighted by Crippen LogP contribution is 2.27. The lowest BCUT2D eigenvalue weighted by molar-refractivity contribution is 0.375. The number of nitrogens with zero attached hydrogens (tertiary/aromatic N) is 1. The first-order chi connectivity index (χ1) is 10.1. The van der Waals surface area contributed by atoms with E-state index in [1.165, 1.54) is 4.31 Å². The molecule has 21 heavy (non-hydrogen) atoms. The van der Waals surface area contributed by atoms with Crippen molar-refractivity contribution in [3.05, 3.63) is 47.9 Å². The highest BCUT2D eigenvalue weighted by atomic mass is 32.2. The topological polar surface area (TPSA) is 62.6 Å². The van der Waals surface area contributed by atoms with E-state index in [0.29, 0.717) is 17.2 Å². The number of furan rings is 1. The van der Waals surface area contributed by atoms with E-state index in [0.717, 1.165) is 24.2 Å². The molecule has 0 aliphatic carbocycles. The van der Waals surface area contributed by atoms with Crippen LogP contribution in [0, 0.1) is 0 Å². The molecule has 0 amide bonds. The van der Waals surface area contributed by atoms with Gasteiger partial charge in [-0.1, -0.05) is 6.92 Å². The van der Waals surface area contributed by atoms with Gasteiger partial charge in [0.15, 0.2) is 0 Å². The highest BCUT2D eigenvalue weighted by Gasteiger charge is 2.25. The van der Waals surface area contributed by atoms with Gasteiger partial charge in [-0.3, -0.25) is 0 Å². The molecule has 1 aromatic carbocycles. The predicted octanol–water partition coefficient (Wildman–Crippen LogP) is 2.46. The van der Waals surface area contributed by atoms with E-state index in [4.69, 9.17) is 4.42 Å². The Morgan fingerprint density at radius 2 is 2.19 bits per heavy atom. The maximum absolute atomic E-state index is 12.8. The van der Waals surface area contributed by atoms with Crippen LogP contribution in [-0.2, 0) is 23.0 Å². The van der Waals surface area contributed by atoms with Gasteiger partial charge in [-0.05, 0) is 42.3 Å². The highest BCUT2D eigenvalue weighted by molar-refractivity contribution is 7.89. The molecule has 1 aliphatic rings. The molecule has 1 aromatic heterocycles. The number of nitrogens with one attached hydrogen (secondary N) is 1. The van der Waals surface area contributed by atoms with E-state index in [1.807, 2.05) is 13.0 Å². The molecule has 2 heterocycles. The Balaban J connectivity index is 1.91. The van der Waals surface area contributed by atoms with Crippen LogP contribution in [0.1, 0.15) is 18.2 Å². The fourth-order valence-electron chi connectivity index (χ4n) is 2.53. The maximum Gasteiger partial charge on any atom is 0.243 e. The third-order valence-electron chi connectivity index (χ3n) is 3.69. The van der Waals surface area contributed by atoms with E-state index in [-0.39, 0.29) is 6.54 Å². The first-order valence-electron chi connectivity index (χ1n) is 7.00. The minimum absolute atomic E-state index is 0.251. The zero-order valence-corrected chi connectivity index (χ0v) is 12.7. The molecule has 5 nitrogen and oxygen atoms in total. The molecule has 112 valence electrons. The SMILES string of the molecule is CCN(Cc1ccco1)S(=O)(=O)c1ccc2c(c1)CCN2. The first-order valence-corrected chi connectivity index (χ1v) is 8.44. The Morgan fingerprint density at radius 3 is 2.90 bits per heavy atom. The fraction of sp³-hybridized carbons (Fsp3) is 0.333. The minimum atomic E-state index is -3.50. The van der Waals surface area contributed by atoms with Gasteiger partial charge in [-0.25, -0.2) is 8.42 Å². The minimum Gasteiger partial charge on any atom is -0.468 e. The molecule has 1 N–H and O–H groups in total. The Morgan fingerprint density at radius 1 is 1.33 bits per heavy atom. The van der Waals surface area contributed by atoms with Crippen molar-refractivity contribution in [1.82, 2.24) is 4.31 Å². The van der Waals surface area contributed by atoms with Crippen LogP contribution in [0.25, 0.3) is 0 Å². The van der Waals surface area contributed by atoms with Crippen LogP contribution in [0.4, 0.5) is 5.69 Å². The van der Waals surface area contributed by atoms with Crippen LogP contribution in [0.2, 0.25) is 0 Å². The van der Waals surface area contributed by atoms with Gasteiger partial charge in [0.05, 0.1) is 17.7 Å². The smallest absolute Gasteiger partial charge is 0.243 e. The van der Waals surface area contributed by atoms with Crippen LogP contribution in [0.5, 0.6) is 0 Å². The van der Waals surface area contributed by atoms with Crippen LogP contribution in [0.3, 0.4) is 0 Å². The molecule has 0 saturated heterocycles. The molecule has 2 aromatic rings. The summed E-state index contributed by atoms with van der Waals surface area (Å²) in [7, 11) is -3.50. The number of sulfonamides is 1. The van der Waals surface area contributed by atoms with Crippen LogP contribution in [-0.4, -0.2) is 25.8 Å². The predicted molar refractivity (Wildman–Crippen MR) is 80.6 cm³/mol. The van der Waals surface area contributed by atoms with Crippen LogP contribution in [0.15, 0.2) is 45.9 Å². The molecule has 6 heteroatoms. The number of hydrogen-bond acceptors (Lipinski definition) is 4. The van der Waals surface area contributed by atoms with Crippen molar-refractivity contribution in [2.24, 2.45) is 0 Å². The summed E-state index contributed by atoms with van der Waals surface area (Å²) in [6, 6.07) is 8.82. The Hall–Kier alpha value is -1.79. The van der Waals surface area contributed by atoms with Crippen LogP contribution >= 0.6 is 0 Å². The molecule has 0 bridgehead atoms. The molecular weight excluding hydrogens is 288 g/mol. The molecule has 0 unspecified atom stereocenters. The number of rotatable bonds is 5. The quantitative estimate of drug-likeness (QED) is 0.921. The summed E-state index contributed by atoms with van der Waals surface area (Å²) in [5.41, 5.74) is 2.09. The first kappa shape index (κ1) is 14.2. The average Bonchev–Trinajstić information content (AvgIpc) is 3.14. The third-order valence-corrected chi connectivity index (χ3v) is 5.61. The second kappa shape index (κ2) is 5.54. The van der Waals surface area contributed by atoms with E-state index >= 15 is 0 Å². The number of benzene rings is 1. The lowest BCUT2D eigenvalue weighted by Crippen LogP contribution is -2.30. The van der Waals surface area contributed by atoms with E-state index in [9.17, 15) is 8.42 Å². The van der Waals surface area contributed by atoms with Crippen LogP contribution < -0.4 is 5.32 Å². The summed E-state index contributed by atoms with van der Waals surface area (Å²) < 4.78 is 32.2. The van der Waals surface area contributed by atoms with Gasteiger partial charge in [0, 0.05) is 18.8 Å². The van der Waals surface area contributed by atoms with Crippen molar-refractivity contribution in [1.29, 1.82) is 0 Å². The van der Waals surface area contributed by atoms with Crippen molar-refractivity contribution < 1.29 is 12.8 Å². The summed E-state index contributed by atoms with van der Waals surface area (Å²) in [6.07, 6.45) is 2.42. The summed E-state index contributed by atoms with van der Waals surface area (Å²) in [4.78, 5) is 0.346. The average molecular weight is 306 g/mol. The molecule has 0 radical (unpaired) electrons. The Kier molecular flexibility index (Phi) is 3.73. The second-order valence-corrected chi connectivity index (χ2v) is 6.94. The van der Waals surface area contributed by atoms with Crippen molar-refractivity contribution in [3.63, 3.8) is 0 Å². The van der Waals surface area contributed by atoms with Gasteiger partial charge in [-0.2, -0.15) is 4.31 Å². The number of fused-ring (bicyclic) bond motifs is 1. The fourth-order valence-corrected chi connectivity index (χ4v) is 4.00. The van der Waals surface area contributed by atoms with E-state index < -0.39 is 10.0 Å². The molecule has 0 atom stereocenters. The van der Waals surface area contributed by atoms with Gasteiger partial charge in [0.25, 0.3) is 0 Å². The largest absolute Gasteiger partial charge is 0.468 e. The lowest BCUT2D eigenvalue weighted by Gasteiger charge is -2.19. The molecule has 0 spiro atoms. The van der Waals surface area contributed by atoms with E-state index in [2.05, 4.69) is 5.32 Å². The summed E-state index contributed by atoms with van der Waals surface area (Å²) in [5.74, 6) is 0.642. The Bertz CT molecular complexity index is 723. The van der Waals surface area contributed by atoms with Crippen molar-refractivity contribution >= 4 is 15.7 Å². The summed E-state index contributed by atoms with van der Waals surface area (Å²) in [5, 5.41) is 3.23. The van der Waals surface area contributed by atoms with Gasteiger partial charge in [-0.15, -0.1) is 0 Å². The number of anilines is 1. The summed E-state index contributed by atoms with van der Waals surface area (Å²) in [6.45, 7) is 3.34. The molecule has 0 fully saturated rings. The van der Waals surface area contributed by atoms with Crippen molar-refractivity contribution in [3.8, 4) is 0 Å².